The maximum Gasteiger partial charge on any atom is 0.416 e. The van der Waals surface area contributed by atoms with Crippen molar-refractivity contribution in [1.29, 1.82) is 5.26 Å². The quantitative estimate of drug-likeness (QED) is 0.498. The minimum Gasteiger partial charge on any atom is -0.495 e. The number of rotatable bonds is 4. The van der Waals surface area contributed by atoms with Gasteiger partial charge in [-0.1, -0.05) is 12.1 Å². The molecule has 0 radical (unpaired) electrons. The summed E-state index contributed by atoms with van der Waals surface area (Å²) in [6, 6.07) is 10.4. The molecule has 4 nitrogen and oxygen atoms in total. The van der Waals surface area contributed by atoms with E-state index in [0.29, 0.717) is 47.0 Å². The average Bonchev–Trinajstić information content (AvgIpc) is 3.17. The second-order valence-corrected chi connectivity index (χ2v) is 8.30. The van der Waals surface area contributed by atoms with Gasteiger partial charge in [-0.25, -0.2) is 8.60 Å². The number of hydrogen-bond donors (Lipinski definition) is 0. The first-order valence-corrected chi connectivity index (χ1v) is 10.4. The lowest BCUT2D eigenvalue weighted by Gasteiger charge is -2.22. The van der Waals surface area contributed by atoms with E-state index in [1.807, 2.05) is 0 Å². The van der Waals surface area contributed by atoms with E-state index < -0.39 is 33.3 Å². The van der Waals surface area contributed by atoms with E-state index in [0.717, 1.165) is 0 Å². The van der Waals surface area contributed by atoms with Crippen molar-refractivity contribution >= 4 is 28.2 Å². The number of nitriles is 1. The molecule has 10 heteroatoms. The van der Waals surface area contributed by atoms with Crippen molar-refractivity contribution in [3.05, 3.63) is 63.8 Å². The molecule has 0 saturated carbocycles. The van der Waals surface area contributed by atoms with E-state index in [4.69, 9.17) is 4.74 Å². The summed E-state index contributed by atoms with van der Waals surface area (Å²) in [5, 5.41) is 9.91. The molecule has 3 rings (SSSR count). The topological polar surface area (TPSA) is 53.3 Å². The standard InChI is InChI=1S/C19H14F4N2O2S2/c1-27-15-5-3-2-4-14(15)25-8-9-28-18(25)17(11-24)29(26)16-10-12(19(21,22)23)6-7-13(16)20/h2-7,10H,8-9H2,1H3/b18-17-. The van der Waals surface area contributed by atoms with Gasteiger partial charge in [0, 0.05) is 12.3 Å². The van der Waals surface area contributed by atoms with Gasteiger partial charge in [0.15, 0.2) is 4.91 Å². The Bertz CT molecular complexity index is 1030. The lowest BCUT2D eigenvalue weighted by molar-refractivity contribution is -0.137. The highest BCUT2D eigenvalue weighted by Gasteiger charge is 2.34. The first-order chi connectivity index (χ1) is 13.8. The van der Waals surface area contributed by atoms with Crippen LogP contribution in [0, 0.1) is 17.1 Å². The average molecular weight is 442 g/mol. The van der Waals surface area contributed by atoms with Gasteiger partial charge in [-0.2, -0.15) is 18.4 Å². The molecule has 0 aromatic heterocycles. The molecule has 1 saturated heterocycles. The predicted molar refractivity (Wildman–Crippen MR) is 103 cm³/mol. The Morgan fingerprint density at radius 3 is 2.66 bits per heavy atom. The zero-order valence-electron chi connectivity index (χ0n) is 15.0. The van der Waals surface area contributed by atoms with Crippen LogP contribution in [0.3, 0.4) is 0 Å². The first kappa shape index (κ1) is 21.2. The fraction of sp³-hybridized carbons (Fsp3) is 0.211. The molecule has 1 atom stereocenters. The Kier molecular flexibility index (Phi) is 6.19. The third kappa shape index (κ3) is 4.26. The Hall–Kier alpha value is -2.51. The third-order valence-corrected chi connectivity index (χ3v) is 6.70. The van der Waals surface area contributed by atoms with Gasteiger partial charge >= 0.3 is 6.18 Å². The van der Waals surface area contributed by atoms with Crippen molar-refractivity contribution in [2.75, 3.05) is 24.3 Å². The highest BCUT2D eigenvalue weighted by molar-refractivity contribution is 8.04. The molecule has 1 heterocycles. The number of ether oxygens (including phenoxy) is 1. The summed E-state index contributed by atoms with van der Waals surface area (Å²) in [7, 11) is -0.952. The maximum absolute atomic E-state index is 14.2. The molecule has 152 valence electrons. The lowest BCUT2D eigenvalue weighted by atomic mass is 10.2. The fourth-order valence-electron chi connectivity index (χ4n) is 2.78. The summed E-state index contributed by atoms with van der Waals surface area (Å²) in [6.45, 7) is 0.466. The number of methoxy groups -OCH3 is 1. The Morgan fingerprint density at radius 1 is 1.28 bits per heavy atom. The van der Waals surface area contributed by atoms with Gasteiger partial charge in [0.25, 0.3) is 0 Å². The molecule has 0 N–H and O–H groups in total. The Labute approximate surface area is 171 Å². The molecule has 0 amide bonds. The van der Waals surface area contributed by atoms with Crippen LogP contribution in [0.25, 0.3) is 0 Å². The van der Waals surface area contributed by atoms with Crippen LogP contribution in [0.2, 0.25) is 0 Å². The van der Waals surface area contributed by atoms with Crippen LogP contribution in [-0.4, -0.2) is 23.6 Å². The summed E-state index contributed by atoms with van der Waals surface area (Å²) in [4.78, 5) is 0.707. The molecular formula is C19H14F4N2O2S2. The molecule has 2 aromatic rings. The van der Waals surface area contributed by atoms with Crippen molar-refractivity contribution in [1.82, 2.24) is 0 Å². The summed E-state index contributed by atoms with van der Waals surface area (Å²) >= 11 is 1.23. The zero-order chi connectivity index (χ0) is 21.2. The third-order valence-electron chi connectivity index (χ3n) is 4.11. The van der Waals surface area contributed by atoms with Gasteiger partial charge in [0.2, 0.25) is 0 Å². The summed E-state index contributed by atoms with van der Waals surface area (Å²) in [5.74, 6) is -0.00163. The molecule has 0 bridgehead atoms. The monoisotopic (exact) mass is 442 g/mol. The second kappa shape index (κ2) is 8.47. The highest BCUT2D eigenvalue weighted by Crippen LogP contribution is 2.41. The van der Waals surface area contributed by atoms with Crippen LogP contribution in [0.1, 0.15) is 5.56 Å². The number of thioether (sulfide) groups is 1. The van der Waals surface area contributed by atoms with E-state index in [1.165, 1.54) is 18.9 Å². The summed E-state index contributed by atoms with van der Waals surface area (Å²) < 4.78 is 71.4. The number of allylic oxidation sites excluding steroid dienone is 1. The summed E-state index contributed by atoms with van der Waals surface area (Å²) in [6.07, 6.45) is -4.72. The minimum atomic E-state index is -4.72. The van der Waals surface area contributed by atoms with Crippen LogP contribution in [0.4, 0.5) is 23.2 Å². The van der Waals surface area contributed by atoms with E-state index in [9.17, 15) is 27.0 Å². The number of benzene rings is 2. The molecule has 0 spiro atoms. The van der Waals surface area contributed by atoms with Crippen LogP contribution in [-0.2, 0) is 17.0 Å². The minimum absolute atomic E-state index is 0.298. The van der Waals surface area contributed by atoms with Gasteiger partial charge < -0.3 is 9.64 Å². The van der Waals surface area contributed by atoms with Gasteiger partial charge in [0.05, 0.1) is 23.3 Å². The van der Waals surface area contributed by atoms with E-state index >= 15 is 0 Å². The van der Waals surface area contributed by atoms with E-state index in [2.05, 4.69) is 0 Å². The SMILES string of the molecule is COc1ccccc1N1CCS/C1=C(/C#N)S(=O)c1cc(C(F)(F)F)ccc1F. The fourth-order valence-corrected chi connectivity index (χ4v) is 5.23. The second-order valence-electron chi connectivity index (χ2n) is 5.83. The molecular weight excluding hydrogens is 428 g/mol. The van der Waals surface area contributed by atoms with Crippen molar-refractivity contribution in [3.8, 4) is 11.8 Å². The number of halogens is 4. The van der Waals surface area contributed by atoms with Gasteiger partial charge in [0.1, 0.15) is 33.5 Å². The largest absolute Gasteiger partial charge is 0.495 e. The van der Waals surface area contributed by atoms with Crippen LogP contribution >= 0.6 is 11.8 Å². The maximum atomic E-state index is 14.2. The molecule has 0 aliphatic carbocycles. The summed E-state index contributed by atoms with van der Waals surface area (Å²) in [5.41, 5.74) is -0.519. The Morgan fingerprint density at radius 2 is 2.00 bits per heavy atom. The van der Waals surface area contributed by atoms with Crippen molar-refractivity contribution < 1.29 is 26.5 Å². The molecule has 2 aromatic carbocycles. The van der Waals surface area contributed by atoms with Gasteiger partial charge in [-0.3, -0.25) is 0 Å². The van der Waals surface area contributed by atoms with Crippen LogP contribution in [0.5, 0.6) is 5.75 Å². The smallest absolute Gasteiger partial charge is 0.416 e. The first-order valence-electron chi connectivity index (χ1n) is 8.24. The molecule has 1 fully saturated rings. The number of para-hydroxylation sites is 2. The van der Waals surface area contributed by atoms with Crippen LogP contribution in [0.15, 0.2) is 57.3 Å². The number of anilines is 1. The number of hydrogen-bond acceptors (Lipinski definition) is 5. The highest BCUT2D eigenvalue weighted by atomic mass is 32.2. The van der Waals surface area contributed by atoms with E-state index in [1.54, 1.807) is 35.2 Å². The predicted octanol–water partition coefficient (Wildman–Crippen LogP) is 4.91. The molecule has 1 unspecified atom stereocenters. The van der Waals surface area contributed by atoms with Gasteiger partial charge in [-0.05, 0) is 30.3 Å². The van der Waals surface area contributed by atoms with Gasteiger partial charge in [-0.15, -0.1) is 11.8 Å². The molecule has 29 heavy (non-hydrogen) atoms. The van der Waals surface area contributed by atoms with Crippen molar-refractivity contribution in [3.63, 3.8) is 0 Å². The zero-order valence-corrected chi connectivity index (χ0v) is 16.6. The lowest BCUT2D eigenvalue weighted by Crippen LogP contribution is -2.20. The normalized spacial score (nSPS) is 17.0. The van der Waals surface area contributed by atoms with Crippen molar-refractivity contribution in [2.24, 2.45) is 0 Å². The van der Waals surface area contributed by atoms with E-state index in [-0.39, 0.29) is 4.91 Å². The number of nitrogens with zero attached hydrogens (tertiary/aromatic N) is 2. The Balaban J connectivity index is 2.10. The molecule has 1 aliphatic heterocycles. The molecule has 1 aliphatic rings. The van der Waals surface area contributed by atoms with Crippen molar-refractivity contribution in [2.45, 2.75) is 11.1 Å². The van der Waals surface area contributed by atoms with Crippen LogP contribution < -0.4 is 9.64 Å². The number of alkyl halides is 3.